The summed E-state index contributed by atoms with van der Waals surface area (Å²) in [6.45, 7) is 4.25. The van der Waals surface area contributed by atoms with E-state index >= 15 is 0 Å². The summed E-state index contributed by atoms with van der Waals surface area (Å²) < 4.78 is 0. The second kappa shape index (κ2) is 3.54. The monoisotopic (exact) mass is 148 g/mol. The van der Waals surface area contributed by atoms with Crippen LogP contribution in [-0.4, -0.2) is 0 Å². The van der Waals surface area contributed by atoms with E-state index in [2.05, 4.69) is 19.9 Å². The van der Waals surface area contributed by atoms with Crippen molar-refractivity contribution in [2.75, 3.05) is 0 Å². The first-order valence-corrected chi connectivity index (χ1v) is 3.93. The third-order valence-electron chi connectivity index (χ3n) is 1.85. The predicted molar refractivity (Wildman–Crippen MR) is 47.0 cm³/mol. The van der Waals surface area contributed by atoms with E-state index in [1.165, 1.54) is 5.56 Å². The van der Waals surface area contributed by atoms with Crippen LogP contribution in [0.15, 0.2) is 24.3 Å². The third kappa shape index (κ3) is 2.05. The van der Waals surface area contributed by atoms with Gasteiger partial charge in [-0.3, -0.25) is 0 Å². The molecule has 1 heteroatoms. The van der Waals surface area contributed by atoms with Crippen LogP contribution in [0.25, 0.3) is 0 Å². The van der Waals surface area contributed by atoms with Gasteiger partial charge in [0.25, 0.3) is 0 Å². The maximum absolute atomic E-state index is 5.92. The van der Waals surface area contributed by atoms with Gasteiger partial charge in [-0.25, -0.2) is 0 Å². The molecule has 0 fully saturated rings. The highest BCUT2D eigenvalue weighted by atomic mass is 14.6. The molecule has 0 saturated carbocycles. The highest BCUT2D eigenvalue weighted by Gasteiger charge is 2.08. The van der Waals surface area contributed by atoms with Crippen LogP contribution in [0.1, 0.15) is 25.5 Å². The van der Waals surface area contributed by atoms with E-state index in [9.17, 15) is 0 Å². The van der Waals surface area contributed by atoms with Crippen LogP contribution in [0.5, 0.6) is 0 Å². The van der Waals surface area contributed by atoms with E-state index in [1.54, 1.807) is 0 Å². The molecule has 0 saturated heterocycles. The zero-order valence-corrected chi connectivity index (χ0v) is 7.04. The second-order valence-corrected chi connectivity index (χ2v) is 3.10. The van der Waals surface area contributed by atoms with Crippen molar-refractivity contribution in [2.45, 2.75) is 19.9 Å². The van der Waals surface area contributed by atoms with Crippen LogP contribution in [0.3, 0.4) is 0 Å². The van der Waals surface area contributed by atoms with Gasteiger partial charge >= 0.3 is 0 Å². The van der Waals surface area contributed by atoms with Gasteiger partial charge in [-0.05, 0) is 17.5 Å². The summed E-state index contributed by atoms with van der Waals surface area (Å²) in [6, 6.07) is 11.0. The highest BCUT2D eigenvalue weighted by Crippen LogP contribution is 2.17. The summed E-state index contributed by atoms with van der Waals surface area (Å²) >= 11 is 0. The Morgan fingerprint density at radius 2 is 1.82 bits per heavy atom. The Balaban J connectivity index is 2.77. The lowest BCUT2D eigenvalue weighted by Gasteiger charge is -2.15. The summed E-state index contributed by atoms with van der Waals surface area (Å²) in [5.74, 6) is 0.498. The normalized spacial score (nSPS) is 13.5. The van der Waals surface area contributed by atoms with Gasteiger partial charge in [-0.1, -0.05) is 38.1 Å². The molecule has 1 atom stereocenters. The van der Waals surface area contributed by atoms with Crippen LogP contribution in [0, 0.1) is 12.0 Å². The van der Waals surface area contributed by atoms with Gasteiger partial charge < -0.3 is 5.73 Å². The molecule has 59 valence electrons. The van der Waals surface area contributed by atoms with E-state index in [0.29, 0.717) is 5.92 Å². The molecule has 11 heavy (non-hydrogen) atoms. The highest BCUT2D eigenvalue weighted by molar-refractivity contribution is 5.17. The maximum Gasteiger partial charge on any atom is 0.0318 e. The van der Waals surface area contributed by atoms with Crippen molar-refractivity contribution >= 4 is 0 Å². The van der Waals surface area contributed by atoms with E-state index in [1.807, 2.05) is 24.3 Å². The first kappa shape index (κ1) is 8.28. The van der Waals surface area contributed by atoms with Crippen molar-refractivity contribution in [1.29, 1.82) is 0 Å². The van der Waals surface area contributed by atoms with Crippen molar-refractivity contribution in [3.05, 3.63) is 35.9 Å². The first-order chi connectivity index (χ1) is 5.22. The van der Waals surface area contributed by atoms with Gasteiger partial charge in [-0.15, -0.1) is 0 Å². The Morgan fingerprint density at radius 3 is 2.27 bits per heavy atom. The quantitative estimate of drug-likeness (QED) is 0.683. The van der Waals surface area contributed by atoms with Gasteiger partial charge in [0, 0.05) is 6.04 Å². The summed E-state index contributed by atoms with van der Waals surface area (Å²) in [7, 11) is 0. The lowest BCUT2D eigenvalue weighted by molar-refractivity contribution is 0.514. The standard InChI is InChI=1S/C10H14N/c1-8(2)10(11)9-6-4-3-5-7-9/h4-8,10H,11H2,1-2H3. The molecule has 1 aromatic carbocycles. The van der Waals surface area contributed by atoms with Crippen LogP contribution in [0.2, 0.25) is 0 Å². The molecule has 1 aromatic rings. The SMILES string of the molecule is CC(C)C(N)c1cc[c]cc1. The molecule has 0 spiro atoms. The molecule has 0 aliphatic rings. The van der Waals surface area contributed by atoms with Crippen molar-refractivity contribution in [3.63, 3.8) is 0 Å². The molecule has 0 aromatic heterocycles. The van der Waals surface area contributed by atoms with Gasteiger partial charge in [0.15, 0.2) is 0 Å². The van der Waals surface area contributed by atoms with Crippen molar-refractivity contribution < 1.29 is 0 Å². The van der Waals surface area contributed by atoms with Crippen LogP contribution >= 0.6 is 0 Å². The largest absolute Gasteiger partial charge is 0.324 e. The Morgan fingerprint density at radius 1 is 1.27 bits per heavy atom. The third-order valence-corrected chi connectivity index (χ3v) is 1.85. The molecule has 0 amide bonds. The van der Waals surface area contributed by atoms with Crippen molar-refractivity contribution in [1.82, 2.24) is 0 Å². The topological polar surface area (TPSA) is 26.0 Å². The molecule has 1 rings (SSSR count). The molecule has 0 aliphatic heterocycles. The fourth-order valence-corrected chi connectivity index (χ4v) is 1.01. The number of hydrogen-bond donors (Lipinski definition) is 1. The molecule has 1 radical (unpaired) electrons. The molecular weight excluding hydrogens is 134 g/mol. The van der Waals surface area contributed by atoms with Crippen LogP contribution in [0.4, 0.5) is 0 Å². The average Bonchev–Trinajstić information content (AvgIpc) is 2.05. The van der Waals surface area contributed by atoms with Gasteiger partial charge in [-0.2, -0.15) is 0 Å². The second-order valence-electron chi connectivity index (χ2n) is 3.10. The molecular formula is C10H14N. The summed E-state index contributed by atoms with van der Waals surface area (Å²) in [5.41, 5.74) is 7.12. The lowest BCUT2D eigenvalue weighted by Crippen LogP contribution is -2.16. The molecule has 2 N–H and O–H groups in total. The van der Waals surface area contributed by atoms with Crippen LogP contribution in [-0.2, 0) is 0 Å². The maximum atomic E-state index is 5.92. The number of benzene rings is 1. The van der Waals surface area contributed by atoms with Crippen molar-refractivity contribution in [2.24, 2.45) is 11.7 Å². The Bertz CT molecular complexity index is 203. The van der Waals surface area contributed by atoms with Crippen molar-refractivity contribution in [3.8, 4) is 0 Å². The molecule has 1 nitrogen and oxygen atoms in total. The molecule has 1 unspecified atom stereocenters. The molecule has 0 heterocycles. The van der Waals surface area contributed by atoms with E-state index in [0.717, 1.165) is 0 Å². The fraction of sp³-hybridized carbons (Fsp3) is 0.400. The molecule has 0 aliphatic carbocycles. The van der Waals surface area contributed by atoms with Gasteiger partial charge in [0.2, 0.25) is 0 Å². The van der Waals surface area contributed by atoms with Crippen LogP contribution < -0.4 is 5.73 Å². The summed E-state index contributed by atoms with van der Waals surface area (Å²) in [6.07, 6.45) is 0. The first-order valence-electron chi connectivity index (χ1n) is 3.93. The van der Waals surface area contributed by atoms with E-state index < -0.39 is 0 Å². The minimum atomic E-state index is 0.157. The predicted octanol–water partition coefficient (Wildman–Crippen LogP) is 2.14. The summed E-state index contributed by atoms with van der Waals surface area (Å²) in [5, 5.41) is 0. The Kier molecular flexibility index (Phi) is 2.66. The minimum Gasteiger partial charge on any atom is -0.324 e. The minimum absolute atomic E-state index is 0.157. The number of hydrogen-bond acceptors (Lipinski definition) is 1. The smallest absolute Gasteiger partial charge is 0.0318 e. The van der Waals surface area contributed by atoms with Gasteiger partial charge in [0.1, 0.15) is 0 Å². The average molecular weight is 148 g/mol. The zero-order valence-electron chi connectivity index (χ0n) is 7.04. The lowest BCUT2D eigenvalue weighted by atomic mass is 9.97. The van der Waals surface area contributed by atoms with E-state index in [-0.39, 0.29) is 6.04 Å². The Hall–Kier alpha value is -0.820. The molecule has 0 bridgehead atoms. The number of rotatable bonds is 2. The van der Waals surface area contributed by atoms with Gasteiger partial charge in [0.05, 0.1) is 0 Å². The van der Waals surface area contributed by atoms with E-state index in [4.69, 9.17) is 5.73 Å². The zero-order chi connectivity index (χ0) is 8.27. The summed E-state index contributed by atoms with van der Waals surface area (Å²) in [4.78, 5) is 0. The fourth-order valence-electron chi connectivity index (χ4n) is 1.01. The number of nitrogens with two attached hydrogens (primary N) is 1. The Labute approximate surface area is 68.2 Å².